The number of rotatable bonds is 4. The summed E-state index contributed by atoms with van der Waals surface area (Å²) in [6, 6.07) is 12.8. The minimum atomic E-state index is -2.60. The lowest BCUT2D eigenvalue weighted by atomic mass is 10.1. The Morgan fingerprint density at radius 1 is 1.15 bits per heavy atom. The number of alkyl halides is 2. The molecule has 0 spiro atoms. The molecule has 4 rings (SSSR count). The van der Waals surface area contributed by atoms with Gasteiger partial charge in [-0.2, -0.15) is 5.10 Å². The summed E-state index contributed by atoms with van der Waals surface area (Å²) in [7, 11) is 0. The SMILES string of the molecule is Cc1ccc(-c2cc(C(F)F)c3c(C)nn(Cc4cccc(Cl)c4)c3n2)s1. The molecular formula is C20H16ClF2N3S. The second kappa shape index (κ2) is 7.02. The maximum atomic E-state index is 13.8. The molecule has 3 nitrogen and oxygen atoms in total. The Morgan fingerprint density at radius 3 is 2.63 bits per heavy atom. The second-order valence-corrected chi connectivity index (χ2v) is 8.10. The van der Waals surface area contributed by atoms with Gasteiger partial charge in [0.1, 0.15) is 0 Å². The van der Waals surface area contributed by atoms with E-state index in [0.29, 0.717) is 34.0 Å². The van der Waals surface area contributed by atoms with Crippen LogP contribution in [0.4, 0.5) is 8.78 Å². The van der Waals surface area contributed by atoms with E-state index < -0.39 is 6.43 Å². The molecule has 27 heavy (non-hydrogen) atoms. The molecular weight excluding hydrogens is 388 g/mol. The summed E-state index contributed by atoms with van der Waals surface area (Å²) in [4.78, 5) is 6.66. The fourth-order valence-corrected chi connectivity index (χ4v) is 4.22. The third-order valence-corrected chi connectivity index (χ3v) is 5.62. The lowest BCUT2D eigenvalue weighted by molar-refractivity contribution is 0.153. The summed E-state index contributed by atoms with van der Waals surface area (Å²) in [6.45, 7) is 4.13. The smallest absolute Gasteiger partial charge is 0.243 e. The normalized spacial score (nSPS) is 11.6. The molecule has 0 fully saturated rings. The third kappa shape index (κ3) is 3.47. The van der Waals surface area contributed by atoms with Gasteiger partial charge < -0.3 is 0 Å². The largest absolute Gasteiger partial charge is 0.264 e. The second-order valence-electron chi connectivity index (χ2n) is 6.38. The van der Waals surface area contributed by atoms with Crippen molar-refractivity contribution in [1.82, 2.24) is 14.8 Å². The van der Waals surface area contributed by atoms with Crippen molar-refractivity contribution in [3.05, 3.63) is 69.2 Å². The fourth-order valence-electron chi connectivity index (χ4n) is 3.18. The number of aromatic nitrogens is 3. The predicted octanol–water partition coefficient (Wildman–Crippen LogP) is 6.42. The molecule has 0 aliphatic rings. The molecule has 1 aromatic carbocycles. The van der Waals surface area contributed by atoms with Gasteiger partial charge in [0.2, 0.25) is 0 Å². The Balaban J connectivity index is 1.91. The molecule has 7 heteroatoms. The third-order valence-electron chi connectivity index (χ3n) is 4.36. The van der Waals surface area contributed by atoms with Crippen LogP contribution in [0.15, 0.2) is 42.5 Å². The standard InChI is InChI=1S/C20H16ClF2N3S/c1-11-6-7-17(27-11)16-9-15(19(22)23)18-12(2)25-26(20(18)24-16)10-13-4-3-5-14(21)8-13/h3-9,19H,10H2,1-2H3. The van der Waals surface area contributed by atoms with Crippen LogP contribution in [0, 0.1) is 13.8 Å². The van der Waals surface area contributed by atoms with E-state index in [1.165, 1.54) is 17.4 Å². The van der Waals surface area contributed by atoms with Gasteiger partial charge >= 0.3 is 0 Å². The van der Waals surface area contributed by atoms with Gasteiger partial charge in [-0.3, -0.25) is 0 Å². The highest BCUT2D eigenvalue weighted by molar-refractivity contribution is 7.15. The Morgan fingerprint density at radius 2 is 1.96 bits per heavy atom. The van der Waals surface area contributed by atoms with Crippen molar-refractivity contribution < 1.29 is 8.78 Å². The van der Waals surface area contributed by atoms with Gasteiger partial charge in [-0.15, -0.1) is 11.3 Å². The number of benzene rings is 1. The Bertz CT molecular complexity index is 1130. The van der Waals surface area contributed by atoms with Gasteiger partial charge in [0, 0.05) is 15.5 Å². The Kier molecular flexibility index (Phi) is 4.70. The molecule has 0 bridgehead atoms. The molecule has 0 amide bonds. The summed E-state index contributed by atoms with van der Waals surface area (Å²) >= 11 is 7.60. The highest BCUT2D eigenvalue weighted by Crippen LogP contribution is 2.35. The molecule has 3 aromatic heterocycles. The average Bonchev–Trinajstić information content (AvgIpc) is 3.18. The van der Waals surface area contributed by atoms with Gasteiger partial charge in [0.25, 0.3) is 6.43 Å². The summed E-state index contributed by atoms with van der Waals surface area (Å²) < 4.78 is 29.2. The van der Waals surface area contributed by atoms with Gasteiger partial charge in [0.05, 0.1) is 28.2 Å². The minimum absolute atomic E-state index is 0.0316. The van der Waals surface area contributed by atoms with Crippen LogP contribution in [0.2, 0.25) is 5.02 Å². The van der Waals surface area contributed by atoms with E-state index in [2.05, 4.69) is 10.1 Å². The first-order valence-electron chi connectivity index (χ1n) is 8.40. The summed E-state index contributed by atoms with van der Waals surface area (Å²) in [5, 5.41) is 5.52. The van der Waals surface area contributed by atoms with Gasteiger partial charge in [-0.05, 0) is 49.7 Å². The van der Waals surface area contributed by atoms with Crippen LogP contribution < -0.4 is 0 Å². The molecule has 3 heterocycles. The highest BCUT2D eigenvalue weighted by atomic mass is 35.5. The number of halogens is 3. The van der Waals surface area contributed by atoms with Gasteiger partial charge in [-0.1, -0.05) is 23.7 Å². The van der Waals surface area contributed by atoms with Crippen LogP contribution in [0.25, 0.3) is 21.6 Å². The molecule has 0 saturated carbocycles. The number of hydrogen-bond acceptors (Lipinski definition) is 3. The van der Waals surface area contributed by atoms with Crippen molar-refractivity contribution in [2.45, 2.75) is 26.8 Å². The zero-order valence-electron chi connectivity index (χ0n) is 14.7. The van der Waals surface area contributed by atoms with Crippen LogP contribution in [0.1, 0.15) is 28.1 Å². The summed E-state index contributed by atoms with van der Waals surface area (Å²) in [6.07, 6.45) is -2.60. The van der Waals surface area contributed by atoms with Crippen LogP contribution in [-0.4, -0.2) is 14.8 Å². The summed E-state index contributed by atoms with van der Waals surface area (Å²) in [5.74, 6) is 0. The van der Waals surface area contributed by atoms with Crippen molar-refractivity contribution in [1.29, 1.82) is 0 Å². The number of nitrogens with zero attached hydrogens (tertiary/aromatic N) is 3. The van der Waals surface area contributed by atoms with Crippen molar-refractivity contribution in [2.75, 3.05) is 0 Å². The fraction of sp³-hybridized carbons (Fsp3) is 0.200. The quantitative estimate of drug-likeness (QED) is 0.394. The van der Waals surface area contributed by atoms with Crippen LogP contribution in [-0.2, 0) is 6.54 Å². The van der Waals surface area contributed by atoms with Crippen molar-refractivity contribution in [3.63, 3.8) is 0 Å². The van der Waals surface area contributed by atoms with Crippen molar-refractivity contribution in [3.8, 4) is 10.6 Å². The molecule has 4 aromatic rings. The first kappa shape index (κ1) is 18.1. The number of thiophene rings is 1. The van der Waals surface area contributed by atoms with E-state index in [-0.39, 0.29) is 5.56 Å². The number of fused-ring (bicyclic) bond motifs is 1. The van der Waals surface area contributed by atoms with E-state index in [1.807, 2.05) is 37.3 Å². The topological polar surface area (TPSA) is 30.7 Å². The lowest BCUT2D eigenvalue weighted by Gasteiger charge is -2.08. The molecule has 0 N–H and O–H groups in total. The molecule has 0 saturated heterocycles. The maximum absolute atomic E-state index is 13.8. The number of pyridine rings is 1. The molecule has 0 unspecified atom stereocenters. The highest BCUT2D eigenvalue weighted by Gasteiger charge is 2.21. The molecule has 138 valence electrons. The van der Waals surface area contributed by atoms with E-state index >= 15 is 0 Å². The monoisotopic (exact) mass is 403 g/mol. The molecule has 0 aliphatic carbocycles. The van der Waals surface area contributed by atoms with E-state index in [4.69, 9.17) is 11.6 Å². The molecule has 0 aliphatic heterocycles. The van der Waals surface area contributed by atoms with Crippen molar-refractivity contribution >= 4 is 34.0 Å². The first-order valence-corrected chi connectivity index (χ1v) is 9.59. The predicted molar refractivity (Wildman–Crippen MR) is 106 cm³/mol. The van der Waals surface area contributed by atoms with Gasteiger partial charge in [-0.25, -0.2) is 18.4 Å². The van der Waals surface area contributed by atoms with E-state index in [0.717, 1.165) is 15.3 Å². The first-order chi connectivity index (χ1) is 12.9. The lowest BCUT2D eigenvalue weighted by Crippen LogP contribution is -2.03. The van der Waals surface area contributed by atoms with Crippen molar-refractivity contribution in [2.24, 2.45) is 0 Å². The molecule has 0 radical (unpaired) electrons. The van der Waals surface area contributed by atoms with E-state index in [9.17, 15) is 8.78 Å². The average molecular weight is 404 g/mol. The zero-order valence-corrected chi connectivity index (χ0v) is 16.3. The molecule has 0 atom stereocenters. The van der Waals surface area contributed by atoms with Crippen LogP contribution in [0.5, 0.6) is 0 Å². The Hall–Kier alpha value is -2.31. The summed E-state index contributed by atoms with van der Waals surface area (Å²) in [5.41, 5.74) is 2.46. The Labute approximate surface area is 164 Å². The number of aryl methyl sites for hydroxylation is 2. The minimum Gasteiger partial charge on any atom is -0.243 e. The zero-order chi connectivity index (χ0) is 19.1. The van der Waals surface area contributed by atoms with Crippen LogP contribution >= 0.6 is 22.9 Å². The van der Waals surface area contributed by atoms with E-state index in [1.54, 1.807) is 17.7 Å². The van der Waals surface area contributed by atoms with Crippen LogP contribution in [0.3, 0.4) is 0 Å². The maximum Gasteiger partial charge on any atom is 0.264 e. The number of hydrogen-bond donors (Lipinski definition) is 0. The van der Waals surface area contributed by atoms with Gasteiger partial charge in [0.15, 0.2) is 5.65 Å².